The van der Waals surface area contributed by atoms with Gasteiger partial charge in [-0.05, 0) is 31.0 Å². The van der Waals surface area contributed by atoms with Gasteiger partial charge in [0.25, 0.3) is 0 Å². The monoisotopic (exact) mass is 254 g/mol. The Morgan fingerprint density at radius 2 is 2.21 bits per heavy atom. The Hall–Kier alpha value is -1.03. The van der Waals surface area contributed by atoms with Crippen molar-refractivity contribution in [2.75, 3.05) is 5.32 Å². The van der Waals surface area contributed by atoms with E-state index in [2.05, 4.69) is 26.6 Å². The Morgan fingerprint density at radius 1 is 1.43 bits per heavy atom. The molecule has 2 N–H and O–H groups in total. The number of carbonyl (C=O) groups is 1. The van der Waals surface area contributed by atoms with Crippen LogP contribution in [-0.4, -0.2) is 12.1 Å². The van der Waals surface area contributed by atoms with Crippen LogP contribution >= 0.6 is 15.9 Å². The molecule has 0 unspecified atom stereocenters. The molecule has 0 aromatic heterocycles. The average molecular weight is 255 g/mol. The number of hydrogen-bond acceptors (Lipinski definition) is 1. The van der Waals surface area contributed by atoms with Crippen molar-refractivity contribution in [3.05, 3.63) is 28.7 Å². The summed E-state index contributed by atoms with van der Waals surface area (Å²) in [5.74, 6) is 0. The summed E-state index contributed by atoms with van der Waals surface area (Å²) in [6.07, 6.45) is 2.21. The number of nitrogens with one attached hydrogen (secondary N) is 2. The minimum Gasteiger partial charge on any atom is -0.335 e. The van der Waals surface area contributed by atoms with E-state index in [1.165, 1.54) is 0 Å². The molecule has 3 nitrogen and oxygen atoms in total. The summed E-state index contributed by atoms with van der Waals surface area (Å²) in [7, 11) is 0. The van der Waals surface area contributed by atoms with Gasteiger partial charge >= 0.3 is 6.03 Å². The molecule has 0 atom stereocenters. The highest BCUT2D eigenvalue weighted by molar-refractivity contribution is 9.10. The summed E-state index contributed by atoms with van der Waals surface area (Å²) in [6, 6.07) is 7.80. The van der Waals surface area contributed by atoms with Gasteiger partial charge in [0.1, 0.15) is 0 Å². The van der Waals surface area contributed by atoms with Crippen molar-refractivity contribution in [2.24, 2.45) is 0 Å². The van der Waals surface area contributed by atoms with E-state index in [9.17, 15) is 4.79 Å². The Morgan fingerprint density at radius 3 is 2.86 bits per heavy atom. The third kappa shape index (κ3) is 2.73. The molecule has 0 saturated heterocycles. The van der Waals surface area contributed by atoms with Gasteiger partial charge in [-0.25, -0.2) is 4.79 Å². The fourth-order valence-corrected chi connectivity index (χ4v) is 1.55. The maximum atomic E-state index is 11.3. The molecule has 1 aliphatic carbocycles. The van der Waals surface area contributed by atoms with Crippen LogP contribution in [0.5, 0.6) is 0 Å². The van der Waals surface area contributed by atoms with Crippen LogP contribution in [0.3, 0.4) is 0 Å². The molecule has 4 heteroatoms. The Kier molecular flexibility index (Phi) is 2.72. The first-order chi connectivity index (χ1) is 6.74. The third-order valence-corrected chi connectivity index (χ3v) is 2.49. The molecular formula is C10H11BrN2O. The van der Waals surface area contributed by atoms with Gasteiger partial charge in [-0.2, -0.15) is 0 Å². The lowest BCUT2D eigenvalue weighted by Gasteiger charge is -2.06. The second-order valence-corrected chi connectivity index (χ2v) is 4.30. The molecule has 74 valence electrons. The van der Waals surface area contributed by atoms with Gasteiger partial charge in [0.15, 0.2) is 0 Å². The number of amides is 2. The maximum absolute atomic E-state index is 11.3. The minimum absolute atomic E-state index is 0.120. The molecular weight excluding hydrogens is 244 g/mol. The van der Waals surface area contributed by atoms with E-state index in [-0.39, 0.29) is 6.03 Å². The number of urea groups is 1. The van der Waals surface area contributed by atoms with Gasteiger partial charge in [0.2, 0.25) is 0 Å². The van der Waals surface area contributed by atoms with Crippen LogP contribution in [0.1, 0.15) is 12.8 Å². The lowest BCUT2D eigenvalue weighted by atomic mass is 10.3. The normalized spacial score (nSPS) is 14.9. The summed E-state index contributed by atoms with van der Waals surface area (Å²) in [6.45, 7) is 0. The quantitative estimate of drug-likeness (QED) is 0.838. The largest absolute Gasteiger partial charge is 0.335 e. The van der Waals surface area contributed by atoms with Crippen molar-refractivity contribution in [1.29, 1.82) is 0 Å². The number of carbonyl (C=O) groups excluding carboxylic acids is 1. The van der Waals surface area contributed by atoms with Crippen LogP contribution in [-0.2, 0) is 0 Å². The van der Waals surface area contributed by atoms with Crippen LogP contribution in [0.4, 0.5) is 10.5 Å². The zero-order valence-corrected chi connectivity index (χ0v) is 9.17. The molecule has 0 aliphatic heterocycles. The summed E-state index contributed by atoms with van der Waals surface area (Å²) in [5, 5.41) is 5.63. The van der Waals surface area contributed by atoms with Gasteiger partial charge in [-0.15, -0.1) is 0 Å². The molecule has 1 fully saturated rings. The smallest absolute Gasteiger partial charge is 0.319 e. The van der Waals surface area contributed by atoms with E-state index in [4.69, 9.17) is 0 Å². The van der Waals surface area contributed by atoms with Crippen LogP contribution in [0.25, 0.3) is 0 Å². The fraction of sp³-hybridized carbons (Fsp3) is 0.300. The van der Waals surface area contributed by atoms with Gasteiger partial charge in [-0.3, -0.25) is 0 Å². The summed E-state index contributed by atoms with van der Waals surface area (Å²) in [4.78, 5) is 11.3. The maximum Gasteiger partial charge on any atom is 0.319 e. The predicted octanol–water partition coefficient (Wildman–Crippen LogP) is 2.73. The highest BCUT2D eigenvalue weighted by Crippen LogP contribution is 2.19. The fourth-order valence-electron chi connectivity index (χ4n) is 1.15. The zero-order chi connectivity index (χ0) is 9.97. The zero-order valence-electron chi connectivity index (χ0n) is 7.59. The van der Waals surface area contributed by atoms with E-state index in [1.54, 1.807) is 0 Å². The van der Waals surface area contributed by atoms with Gasteiger partial charge in [-0.1, -0.05) is 22.0 Å². The molecule has 0 spiro atoms. The van der Waals surface area contributed by atoms with Crippen LogP contribution < -0.4 is 10.6 Å². The molecule has 1 saturated carbocycles. The second kappa shape index (κ2) is 4.00. The Balaban J connectivity index is 1.92. The number of hydrogen-bond donors (Lipinski definition) is 2. The molecule has 14 heavy (non-hydrogen) atoms. The lowest BCUT2D eigenvalue weighted by molar-refractivity contribution is 0.251. The first-order valence-electron chi connectivity index (χ1n) is 4.57. The van der Waals surface area contributed by atoms with E-state index in [0.29, 0.717) is 6.04 Å². The SMILES string of the molecule is O=C(Nc1cccc(Br)c1)NC1CC1. The molecule has 0 radical (unpaired) electrons. The Bertz CT molecular complexity index is 350. The van der Waals surface area contributed by atoms with Crippen molar-refractivity contribution in [2.45, 2.75) is 18.9 Å². The molecule has 0 bridgehead atoms. The van der Waals surface area contributed by atoms with Crippen molar-refractivity contribution >= 4 is 27.6 Å². The van der Waals surface area contributed by atoms with Crippen LogP contribution in [0.15, 0.2) is 28.7 Å². The molecule has 2 amide bonds. The molecule has 1 aliphatic rings. The second-order valence-electron chi connectivity index (χ2n) is 3.38. The highest BCUT2D eigenvalue weighted by atomic mass is 79.9. The molecule has 2 rings (SSSR count). The van der Waals surface area contributed by atoms with Crippen LogP contribution in [0, 0.1) is 0 Å². The first kappa shape index (κ1) is 9.52. The molecule has 1 aromatic rings. The standard InChI is InChI=1S/C10H11BrN2O/c11-7-2-1-3-9(6-7)13-10(14)12-8-4-5-8/h1-3,6,8H,4-5H2,(H2,12,13,14). The van der Waals surface area contributed by atoms with Crippen LogP contribution in [0.2, 0.25) is 0 Å². The van der Waals surface area contributed by atoms with E-state index in [0.717, 1.165) is 23.0 Å². The van der Waals surface area contributed by atoms with Crippen molar-refractivity contribution in [1.82, 2.24) is 5.32 Å². The number of benzene rings is 1. The van der Waals surface area contributed by atoms with Gasteiger partial charge in [0, 0.05) is 16.2 Å². The van der Waals surface area contributed by atoms with Crippen molar-refractivity contribution < 1.29 is 4.79 Å². The average Bonchev–Trinajstić information content (AvgIpc) is 2.87. The predicted molar refractivity (Wildman–Crippen MR) is 59.3 cm³/mol. The van der Waals surface area contributed by atoms with Gasteiger partial charge < -0.3 is 10.6 Å². The summed E-state index contributed by atoms with van der Waals surface area (Å²) < 4.78 is 0.960. The minimum atomic E-state index is -0.120. The number of anilines is 1. The molecule has 1 aromatic carbocycles. The number of rotatable bonds is 2. The topological polar surface area (TPSA) is 41.1 Å². The summed E-state index contributed by atoms with van der Waals surface area (Å²) in [5.41, 5.74) is 0.803. The summed E-state index contributed by atoms with van der Waals surface area (Å²) >= 11 is 3.34. The lowest BCUT2D eigenvalue weighted by Crippen LogP contribution is -2.30. The third-order valence-electron chi connectivity index (χ3n) is 2.00. The molecule has 0 heterocycles. The van der Waals surface area contributed by atoms with E-state index in [1.807, 2.05) is 24.3 Å². The highest BCUT2D eigenvalue weighted by Gasteiger charge is 2.22. The van der Waals surface area contributed by atoms with Crippen molar-refractivity contribution in [3.8, 4) is 0 Å². The first-order valence-corrected chi connectivity index (χ1v) is 5.36. The Labute approximate surface area is 91.0 Å². The van der Waals surface area contributed by atoms with E-state index < -0.39 is 0 Å². The van der Waals surface area contributed by atoms with E-state index >= 15 is 0 Å². The van der Waals surface area contributed by atoms with Gasteiger partial charge in [0.05, 0.1) is 0 Å². The number of halogens is 1. The van der Waals surface area contributed by atoms with Crippen molar-refractivity contribution in [3.63, 3.8) is 0 Å².